The molecule has 1 amide bonds. The number of benzene rings is 1. The average Bonchev–Trinajstić information content (AvgIpc) is 2.50. The van der Waals surface area contributed by atoms with Crippen LogP contribution in [0.4, 0.5) is 0 Å². The Balaban J connectivity index is 2.52. The summed E-state index contributed by atoms with van der Waals surface area (Å²) in [5.74, 6) is -1.28. The molecule has 8 heteroatoms. The van der Waals surface area contributed by atoms with Gasteiger partial charge in [-0.2, -0.15) is 4.72 Å². The maximum absolute atomic E-state index is 11.9. The first-order valence-corrected chi connectivity index (χ1v) is 8.95. The van der Waals surface area contributed by atoms with E-state index in [4.69, 9.17) is 4.74 Å². The highest BCUT2D eigenvalue weighted by atomic mass is 32.2. The van der Waals surface area contributed by atoms with E-state index < -0.39 is 34.5 Å². The van der Waals surface area contributed by atoms with Gasteiger partial charge < -0.3 is 10.1 Å². The van der Waals surface area contributed by atoms with Crippen LogP contribution in [0.3, 0.4) is 0 Å². The molecule has 0 aliphatic heterocycles. The standard InChI is InChI=1S/C16H22N2O5S/c1-12(2)17-15(19)11-23-16(20)13(3)18-24(21,22)10-9-14-7-5-4-6-8-14/h4-10,12-13,18H,11H2,1-3H3,(H,17,19)/b10-9+/t13-/m0/s1. The molecule has 7 nitrogen and oxygen atoms in total. The zero-order valence-corrected chi connectivity index (χ0v) is 14.7. The number of sulfonamides is 1. The maximum atomic E-state index is 11.9. The summed E-state index contributed by atoms with van der Waals surface area (Å²) in [5.41, 5.74) is 0.712. The van der Waals surface area contributed by atoms with Crippen molar-refractivity contribution in [3.63, 3.8) is 0 Å². The monoisotopic (exact) mass is 354 g/mol. The van der Waals surface area contributed by atoms with Crippen molar-refractivity contribution in [3.05, 3.63) is 41.3 Å². The van der Waals surface area contributed by atoms with E-state index >= 15 is 0 Å². The van der Waals surface area contributed by atoms with Crippen LogP contribution in [0.1, 0.15) is 26.3 Å². The van der Waals surface area contributed by atoms with Gasteiger partial charge in [-0.1, -0.05) is 30.3 Å². The van der Waals surface area contributed by atoms with Crippen LogP contribution in [0, 0.1) is 0 Å². The van der Waals surface area contributed by atoms with Gasteiger partial charge >= 0.3 is 5.97 Å². The second-order valence-corrected chi connectivity index (χ2v) is 7.03. The topological polar surface area (TPSA) is 102 Å². The molecule has 0 bridgehead atoms. The third kappa shape index (κ3) is 7.89. The molecule has 24 heavy (non-hydrogen) atoms. The molecule has 0 radical (unpaired) electrons. The number of hydrogen-bond donors (Lipinski definition) is 2. The Morgan fingerprint density at radius 3 is 2.38 bits per heavy atom. The van der Waals surface area contributed by atoms with Crippen molar-refractivity contribution in [1.82, 2.24) is 10.0 Å². The average molecular weight is 354 g/mol. The van der Waals surface area contributed by atoms with Gasteiger partial charge in [0.25, 0.3) is 5.91 Å². The molecule has 0 saturated carbocycles. The summed E-state index contributed by atoms with van der Waals surface area (Å²) in [4.78, 5) is 23.1. The molecular formula is C16H22N2O5S. The minimum atomic E-state index is -3.81. The summed E-state index contributed by atoms with van der Waals surface area (Å²) in [6.45, 7) is 4.44. The highest BCUT2D eigenvalue weighted by Gasteiger charge is 2.20. The predicted molar refractivity (Wildman–Crippen MR) is 91.2 cm³/mol. The van der Waals surface area contributed by atoms with Crippen LogP contribution in [0.15, 0.2) is 35.7 Å². The van der Waals surface area contributed by atoms with Gasteiger partial charge in [0, 0.05) is 11.4 Å². The summed E-state index contributed by atoms with van der Waals surface area (Å²) in [5, 5.41) is 3.53. The SMILES string of the molecule is CC(C)NC(=O)COC(=O)[C@H](C)NS(=O)(=O)/C=C/c1ccccc1. The molecule has 132 valence electrons. The summed E-state index contributed by atoms with van der Waals surface area (Å²) in [6.07, 6.45) is 1.41. The second kappa shape index (κ2) is 9.19. The number of rotatable bonds is 8. The van der Waals surface area contributed by atoms with E-state index in [-0.39, 0.29) is 6.04 Å². The van der Waals surface area contributed by atoms with E-state index in [1.54, 1.807) is 38.1 Å². The Morgan fingerprint density at radius 1 is 1.17 bits per heavy atom. The molecule has 0 fully saturated rings. The molecule has 0 aromatic heterocycles. The number of amides is 1. The quantitative estimate of drug-likeness (QED) is 0.679. The van der Waals surface area contributed by atoms with Gasteiger partial charge in [-0.25, -0.2) is 8.42 Å². The summed E-state index contributed by atoms with van der Waals surface area (Å²) < 4.78 is 30.8. The minimum Gasteiger partial charge on any atom is -0.454 e. The maximum Gasteiger partial charge on any atom is 0.324 e. The number of carbonyl (C=O) groups excluding carboxylic acids is 2. The van der Waals surface area contributed by atoms with Gasteiger partial charge in [-0.3, -0.25) is 9.59 Å². The fraction of sp³-hybridized carbons (Fsp3) is 0.375. The van der Waals surface area contributed by atoms with E-state index in [9.17, 15) is 18.0 Å². The Morgan fingerprint density at radius 2 is 1.79 bits per heavy atom. The number of nitrogens with one attached hydrogen (secondary N) is 2. The Labute approximate surface area is 142 Å². The number of carbonyl (C=O) groups is 2. The van der Waals surface area contributed by atoms with Gasteiger partial charge in [-0.15, -0.1) is 0 Å². The van der Waals surface area contributed by atoms with Crippen molar-refractivity contribution in [2.75, 3.05) is 6.61 Å². The third-order valence-electron chi connectivity index (χ3n) is 2.73. The lowest BCUT2D eigenvalue weighted by molar-refractivity contribution is -0.149. The Bertz CT molecular complexity index is 684. The molecule has 1 atom stereocenters. The number of ether oxygens (including phenoxy) is 1. The molecule has 1 aromatic rings. The van der Waals surface area contributed by atoms with Crippen molar-refractivity contribution in [2.45, 2.75) is 32.9 Å². The van der Waals surface area contributed by atoms with Crippen molar-refractivity contribution >= 4 is 28.0 Å². The van der Waals surface area contributed by atoms with E-state index in [1.807, 2.05) is 6.07 Å². The summed E-state index contributed by atoms with van der Waals surface area (Å²) >= 11 is 0. The second-order valence-electron chi connectivity index (χ2n) is 5.43. The molecule has 0 saturated heterocycles. The summed E-state index contributed by atoms with van der Waals surface area (Å²) in [6, 6.07) is 7.69. The van der Waals surface area contributed by atoms with Crippen LogP contribution in [0.2, 0.25) is 0 Å². The van der Waals surface area contributed by atoms with Crippen LogP contribution in [-0.4, -0.2) is 39.0 Å². The zero-order valence-electron chi connectivity index (χ0n) is 13.9. The molecule has 0 spiro atoms. The summed E-state index contributed by atoms with van der Waals surface area (Å²) in [7, 11) is -3.81. The molecule has 0 heterocycles. The predicted octanol–water partition coefficient (Wildman–Crippen LogP) is 1.03. The molecular weight excluding hydrogens is 332 g/mol. The van der Waals surface area contributed by atoms with Crippen molar-refractivity contribution in [2.24, 2.45) is 0 Å². The van der Waals surface area contributed by atoms with Gasteiger partial charge in [0.1, 0.15) is 6.04 Å². The van der Waals surface area contributed by atoms with Crippen LogP contribution in [0.25, 0.3) is 6.08 Å². The normalized spacial score (nSPS) is 13.0. The molecule has 2 N–H and O–H groups in total. The van der Waals surface area contributed by atoms with Crippen LogP contribution in [-0.2, 0) is 24.3 Å². The van der Waals surface area contributed by atoms with E-state index in [2.05, 4.69) is 10.0 Å². The Hall–Kier alpha value is -2.19. The van der Waals surface area contributed by atoms with Crippen LogP contribution >= 0.6 is 0 Å². The van der Waals surface area contributed by atoms with Gasteiger partial charge in [0.2, 0.25) is 10.0 Å². The first-order valence-electron chi connectivity index (χ1n) is 7.41. The lowest BCUT2D eigenvalue weighted by Crippen LogP contribution is -2.40. The molecule has 0 aliphatic carbocycles. The molecule has 1 aromatic carbocycles. The third-order valence-corrected chi connectivity index (χ3v) is 3.91. The van der Waals surface area contributed by atoms with E-state index in [0.717, 1.165) is 5.41 Å². The minimum absolute atomic E-state index is 0.0738. The van der Waals surface area contributed by atoms with Crippen LogP contribution < -0.4 is 10.0 Å². The van der Waals surface area contributed by atoms with Crippen LogP contribution in [0.5, 0.6) is 0 Å². The molecule has 1 rings (SSSR count). The lowest BCUT2D eigenvalue weighted by Gasteiger charge is -2.13. The van der Waals surface area contributed by atoms with Crippen molar-refractivity contribution in [1.29, 1.82) is 0 Å². The van der Waals surface area contributed by atoms with Crippen molar-refractivity contribution < 1.29 is 22.7 Å². The fourth-order valence-corrected chi connectivity index (χ4v) is 2.70. The van der Waals surface area contributed by atoms with Gasteiger partial charge in [-0.05, 0) is 32.4 Å². The van der Waals surface area contributed by atoms with E-state index in [1.165, 1.54) is 13.0 Å². The molecule has 0 aliphatic rings. The Kier molecular flexibility index (Phi) is 7.60. The molecule has 0 unspecified atom stereocenters. The zero-order chi connectivity index (χ0) is 18.2. The highest BCUT2D eigenvalue weighted by molar-refractivity contribution is 7.92. The van der Waals surface area contributed by atoms with Gasteiger partial charge in [0.05, 0.1) is 0 Å². The highest BCUT2D eigenvalue weighted by Crippen LogP contribution is 2.03. The number of esters is 1. The smallest absolute Gasteiger partial charge is 0.324 e. The first-order chi connectivity index (χ1) is 11.2. The lowest BCUT2D eigenvalue weighted by atomic mass is 10.2. The first kappa shape index (κ1) is 19.9. The number of hydrogen-bond acceptors (Lipinski definition) is 5. The fourth-order valence-electron chi connectivity index (χ4n) is 1.69. The van der Waals surface area contributed by atoms with Crippen molar-refractivity contribution in [3.8, 4) is 0 Å². The van der Waals surface area contributed by atoms with Gasteiger partial charge in [0.15, 0.2) is 6.61 Å². The largest absolute Gasteiger partial charge is 0.454 e. The van der Waals surface area contributed by atoms with E-state index in [0.29, 0.717) is 5.56 Å².